The Morgan fingerprint density at radius 2 is 2.21 bits per heavy atom. The van der Waals surface area contributed by atoms with Gasteiger partial charge in [0.05, 0.1) is 36.9 Å². The van der Waals surface area contributed by atoms with Crippen molar-refractivity contribution >= 4 is 27.9 Å². The number of amides is 1. The molecule has 2 aromatic heterocycles. The summed E-state index contributed by atoms with van der Waals surface area (Å²) in [6.45, 7) is 0.754. The Balaban J connectivity index is 1.40. The molecule has 5 rings (SSSR count). The molecule has 6 nitrogen and oxygen atoms in total. The minimum atomic E-state index is -0.00170. The summed E-state index contributed by atoms with van der Waals surface area (Å²) in [5.41, 5.74) is 3.58. The maximum absolute atomic E-state index is 13.1. The SMILES string of the molecule is COc1ccc2c(CC(=O)N3CCCC3c3nc4ccccc4[nH]3)coc2c1. The molecule has 0 aliphatic carbocycles. The predicted octanol–water partition coefficient (Wildman–Crippen LogP) is 4.22. The van der Waals surface area contributed by atoms with Crippen LogP contribution in [0.5, 0.6) is 5.75 Å². The van der Waals surface area contributed by atoms with Gasteiger partial charge in [0.25, 0.3) is 0 Å². The van der Waals surface area contributed by atoms with E-state index in [0.717, 1.165) is 58.5 Å². The van der Waals surface area contributed by atoms with Gasteiger partial charge < -0.3 is 19.0 Å². The molecule has 0 bridgehead atoms. The molecule has 1 amide bonds. The quantitative estimate of drug-likeness (QED) is 0.580. The van der Waals surface area contributed by atoms with Crippen molar-refractivity contribution in [2.24, 2.45) is 0 Å². The number of carbonyl (C=O) groups is 1. The van der Waals surface area contributed by atoms with E-state index in [4.69, 9.17) is 14.1 Å². The molecular weight excluding hydrogens is 354 g/mol. The average molecular weight is 375 g/mol. The number of para-hydroxylation sites is 2. The summed E-state index contributed by atoms with van der Waals surface area (Å²) in [5.74, 6) is 1.71. The van der Waals surface area contributed by atoms with E-state index in [1.807, 2.05) is 47.4 Å². The van der Waals surface area contributed by atoms with Crippen LogP contribution in [-0.2, 0) is 11.2 Å². The number of hydrogen-bond donors (Lipinski definition) is 1. The third kappa shape index (κ3) is 2.81. The molecule has 142 valence electrons. The number of imidazole rings is 1. The minimum absolute atomic E-state index is 0.00170. The lowest BCUT2D eigenvalue weighted by Crippen LogP contribution is -2.32. The van der Waals surface area contributed by atoms with E-state index in [9.17, 15) is 4.79 Å². The number of H-pyrrole nitrogens is 1. The lowest BCUT2D eigenvalue weighted by molar-refractivity contribution is -0.131. The Morgan fingerprint density at radius 1 is 1.32 bits per heavy atom. The van der Waals surface area contributed by atoms with Gasteiger partial charge in [-0.1, -0.05) is 12.1 Å². The van der Waals surface area contributed by atoms with Gasteiger partial charge in [0.2, 0.25) is 5.91 Å². The third-order valence-electron chi connectivity index (χ3n) is 5.50. The highest BCUT2D eigenvalue weighted by Crippen LogP contribution is 2.33. The first-order chi connectivity index (χ1) is 13.7. The Kier molecular flexibility index (Phi) is 4.04. The van der Waals surface area contributed by atoms with Gasteiger partial charge in [-0.3, -0.25) is 4.79 Å². The lowest BCUT2D eigenvalue weighted by atomic mass is 10.1. The van der Waals surface area contributed by atoms with Crippen molar-refractivity contribution in [1.29, 1.82) is 0 Å². The summed E-state index contributed by atoms with van der Waals surface area (Å²) >= 11 is 0. The van der Waals surface area contributed by atoms with Gasteiger partial charge in [-0.2, -0.15) is 0 Å². The second kappa shape index (κ2) is 6.71. The van der Waals surface area contributed by atoms with Crippen molar-refractivity contribution in [2.75, 3.05) is 13.7 Å². The van der Waals surface area contributed by atoms with Gasteiger partial charge in [-0.25, -0.2) is 4.98 Å². The van der Waals surface area contributed by atoms with E-state index in [1.54, 1.807) is 13.4 Å². The molecule has 2 aromatic carbocycles. The van der Waals surface area contributed by atoms with Crippen LogP contribution in [0, 0.1) is 0 Å². The Bertz CT molecular complexity index is 1130. The van der Waals surface area contributed by atoms with Crippen LogP contribution in [0.4, 0.5) is 0 Å². The molecule has 1 fully saturated rings. The number of hydrogen-bond acceptors (Lipinski definition) is 4. The van der Waals surface area contributed by atoms with Crippen molar-refractivity contribution in [1.82, 2.24) is 14.9 Å². The fourth-order valence-electron chi connectivity index (χ4n) is 4.07. The van der Waals surface area contributed by atoms with E-state index >= 15 is 0 Å². The first-order valence-electron chi connectivity index (χ1n) is 9.51. The molecule has 0 spiro atoms. The molecule has 0 saturated carbocycles. The van der Waals surface area contributed by atoms with Crippen LogP contribution in [0.25, 0.3) is 22.0 Å². The monoisotopic (exact) mass is 375 g/mol. The number of benzene rings is 2. The number of nitrogens with one attached hydrogen (secondary N) is 1. The molecule has 1 saturated heterocycles. The van der Waals surface area contributed by atoms with Gasteiger partial charge in [0.15, 0.2) is 0 Å². The molecule has 1 aliphatic heterocycles. The number of aromatic nitrogens is 2. The van der Waals surface area contributed by atoms with Crippen LogP contribution in [0.15, 0.2) is 53.1 Å². The topological polar surface area (TPSA) is 71.4 Å². The molecule has 6 heteroatoms. The second-order valence-corrected chi connectivity index (χ2v) is 7.18. The van der Waals surface area contributed by atoms with E-state index in [-0.39, 0.29) is 11.9 Å². The van der Waals surface area contributed by atoms with Gasteiger partial charge in [-0.15, -0.1) is 0 Å². The van der Waals surface area contributed by atoms with Gasteiger partial charge in [-0.05, 0) is 37.1 Å². The summed E-state index contributed by atoms with van der Waals surface area (Å²) in [4.78, 5) is 23.1. The minimum Gasteiger partial charge on any atom is -0.497 e. The summed E-state index contributed by atoms with van der Waals surface area (Å²) in [6.07, 6.45) is 3.90. The number of ether oxygens (including phenoxy) is 1. The van der Waals surface area contributed by atoms with Crippen molar-refractivity contribution in [3.63, 3.8) is 0 Å². The van der Waals surface area contributed by atoms with Crippen molar-refractivity contribution < 1.29 is 13.9 Å². The Morgan fingerprint density at radius 3 is 3.07 bits per heavy atom. The van der Waals surface area contributed by atoms with E-state index in [2.05, 4.69) is 4.98 Å². The van der Waals surface area contributed by atoms with Crippen molar-refractivity contribution in [3.8, 4) is 5.75 Å². The molecule has 1 atom stereocenters. The molecule has 0 radical (unpaired) electrons. The largest absolute Gasteiger partial charge is 0.497 e. The molecule has 1 aliphatic rings. The second-order valence-electron chi connectivity index (χ2n) is 7.18. The van der Waals surface area contributed by atoms with Crippen LogP contribution in [0.2, 0.25) is 0 Å². The first-order valence-corrected chi connectivity index (χ1v) is 9.51. The van der Waals surface area contributed by atoms with Crippen LogP contribution in [0.1, 0.15) is 30.3 Å². The zero-order valence-electron chi connectivity index (χ0n) is 15.6. The highest BCUT2D eigenvalue weighted by Gasteiger charge is 2.32. The molecule has 1 N–H and O–H groups in total. The zero-order chi connectivity index (χ0) is 19.1. The number of aromatic amines is 1. The summed E-state index contributed by atoms with van der Waals surface area (Å²) < 4.78 is 10.9. The smallest absolute Gasteiger partial charge is 0.227 e. The number of fused-ring (bicyclic) bond motifs is 2. The number of rotatable bonds is 4. The predicted molar refractivity (Wildman–Crippen MR) is 106 cm³/mol. The average Bonchev–Trinajstić information content (AvgIpc) is 3.45. The Hall–Kier alpha value is -3.28. The maximum atomic E-state index is 13.1. The fourth-order valence-corrected chi connectivity index (χ4v) is 4.07. The summed E-state index contributed by atoms with van der Waals surface area (Å²) in [7, 11) is 1.63. The highest BCUT2D eigenvalue weighted by molar-refractivity contribution is 5.88. The molecular formula is C22H21N3O3. The van der Waals surface area contributed by atoms with Gasteiger partial charge in [0, 0.05) is 23.6 Å². The van der Waals surface area contributed by atoms with Gasteiger partial charge >= 0.3 is 0 Å². The number of methoxy groups -OCH3 is 1. The van der Waals surface area contributed by atoms with E-state index < -0.39 is 0 Å². The van der Waals surface area contributed by atoms with E-state index in [0.29, 0.717) is 6.42 Å². The highest BCUT2D eigenvalue weighted by atomic mass is 16.5. The number of likely N-dealkylation sites (tertiary alicyclic amines) is 1. The molecule has 3 heterocycles. The van der Waals surface area contributed by atoms with Crippen molar-refractivity contribution in [2.45, 2.75) is 25.3 Å². The maximum Gasteiger partial charge on any atom is 0.227 e. The van der Waals surface area contributed by atoms with Crippen LogP contribution in [0.3, 0.4) is 0 Å². The van der Waals surface area contributed by atoms with Crippen LogP contribution < -0.4 is 4.74 Å². The molecule has 1 unspecified atom stereocenters. The standard InChI is InChI=1S/C22H21N3O3/c1-27-15-8-9-16-14(13-28-20(16)12-15)11-21(26)25-10-4-7-19(25)22-23-17-5-2-3-6-18(17)24-22/h2-3,5-6,8-9,12-13,19H,4,7,10-11H2,1H3,(H,23,24). The third-order valence-corrected chi connectivity index (χ3v) is 5.50. The fraction of sp³-hybridized carbons (Fsp3) is 0.273. The van der Waals surface area contributed by atoms with E-state index in [1.165, 1.54) is 0 Å². The zero-order valence-corrected chi connectivity index (χ0v) is 15.6. The summed E-state index contributed by atoms with van der Waals surface area (Å²) in [5, 5.41) is 0.952. The molecule has 4 aromatic rings. The lowest BCUT2D eigenvalue weighted by Gasteiger charge is -2.23. The first kappa shape index (κ1) is 16.9. The Labute approximate surface area is 162 Å². The normalized spacial score (nSPS) is 16.9. The van der Waals surface area contributed by atoms with Gasteiger partial charge in [0.1, 0.15) is 17.2 Å². The van der Waals surface area contributed by atoms with Crippen molar-refractivity contribution in [3.05, 3.63) is 60.1 Å². The number of furan rings is 1. The number of carbonyl (C=O) groups excluding carboxylic acids is 1. The molecule has 28 heavy (non-hydrogen) atoms. The van der Waals surface area contributed by atoms with Crippen LogP contribution >= 0.6 is 0 Å². The number of nitrogens with zero attached hydrogens (tertiary/aromatic N) is 2. The summed E-state index contributed by atoms with van der Waals surface area (Å²) in [6, 6.07) is 13.6. The van der Waals surface area contributed by atoms with Crippen LogP contribution in [-0.4, -0.2) is 34.4 Å².